The van der Waals surface area contributed by atoms with E-state index in [1.165, 1.54) is 119 Å². The molecule has 0 bridgehead atoms. The Morgan fingerprint density at radius 3 is 2.15 bits per heavy atom. The number of fused-ring (bicyclic) bond motifs is 1. The normalized spacial score (nSPS) is 14.4. The first-order chi connectivity index (χ1) is 23.3. The van der Waals surface area contributed by atoms with Crippen LogP contribution in [-0.2, 0) is 29.8 Å². The second kappa shape index (κ2) is 26.4. The Balaban J connectivity index is 1.58. The van der Waals surface area contributed by atoms with Crippen molar-refractivity contribution in [3.8, 4) is 0 Å². The van der Waals surface area contributed by atoms with Gasteiger partial charge in [-0.15, -0.1) is 0 Å². The van der Waals surface area contributed by atoms with E-state index in [-0.39, 0.29) is 49.8 Å². The van der Waals surface area contributed by atoms with Gasteiger partial charge in [-0.2, -0.15) is 16.7 Å². The van der Waals surface area contributed by atoms with Gasteiger partial charge in [0.2, 0.25) is 5.95 Å². The Morgan fingerprint density at radius 1 is 0.875 bits per heavy atom. The van der Waals surface area contributed by atoms with Gasteiger partial charge in [0.1, 0.15) is 6.73 Å². The van der Waals surface area contributed by atoms with E-state index >= 15 is 0 Å². The molecule has 0 aliphatic rings. The summed E-state index contributed by atoms with van der Waals surface area (Å²) in [5.41, 5.74) is 5.58. The number of ether oxygens (including phenoxy) is 2. The van der Waals surface area contributed by atoms with Crippen molar-refractivity contribution in [1.82, 2.24) is 19.5 Å². The fourth-order valence-corrected chi connectivity index (χ4v) is 7.59. The number of thioether (sulfide) groups is 1. The molecule has 0 aliphatic carbocycles. The number of H-pyrrole nitrogens is 1. The summed E-state index contributed by atoms with van der Waals surface area (Å²) in [6.07, 6.45) is 24.5. The maximum Gasteiger partial charge on any atom is 0.472 e. The number of aromatic nitrogens is 4. The molecule has 278 valence electrons. The van der Waals surface area contributed by atoms with Gasteiger partial charge < -0.3 is 20.1 Å². The molecule has 2 aromatic heterocycles. The maximum atomic E-state index is 12.3. The smallest absolute Gasteiger partial charge is 0.377 e. The SMILES string of the molecule is CCCCCCCCCCCCCSC(CCCCCCC)C(C)OCCCOP(=O)(O)OCCOCn1cnc2c(=O)[nH]c(N)nc21. The highest BCUT2D eigenvalue weighted by Gasteiger charge is 2.21. The predicted molar refractivity (Wildman–Crippen MR) is 196 cm³/mol. The molecule has 0 fully saturated rings. The molecule has 0 aliphatic heterocycles. The van der Waals surface area contributed by atoms with Crippen molar-refractivity contribution in [2.75, 3.05) is 37.9 Å². The summed E-state index contributed by atoms with van der Waals surface area (Å²) >= 11 is 2.05. The highest BCUT2D eigenvalue weighted by Crippen LogP contribution is 2.43. The van der Waals surface area contributed by atoms with Crippen LogP contribution in [0.3, 0.4) is 0 Å². The van der Waals surface area contributed by atoms with Crippen LogP contribution in [0, 0.1) is 0 Å². The van der Waals surface area contributed by atoms with Crippen molar-refractivity contribution in [3.63, 3.8) is 0 Å². The Labute approximate surface area is 292 Å². The number of nitrogens with two attached hydrogens (primary N) is 1. The van der Waals surface area contributed by atoms with Crippen LogP contribution in [0.1, 0.15) is 136 Å². The molecule has 3 unspecified atom stereocenters. The number of nitrogens with one attached hydrogen (secondary N) is 1. The molecule has 4 N–H and O–H groups in total. The van der Waals surface area contributed by atoms with E-state index in [9.17, 15) is 14.3 Å². The highest BCUT2D eigenvalue weighted by atomic mass is 32.2. The molecule has 48 heavy (non-hydrogen) atoms. The summed E-state index contributed by atoms with van der Waals surface area (Å²) in [5, 5.41) is 0.456. The van der Waals surface area contributed by atoms with E-state index in [2.05, 4.69) is 47.5 Å². The number of unbranched alkanes of at least 4 members (excludes halogenated alkanes) is 14. The molecule has 2 aromatic rings. The second-order valence-corrected chi connectivity index (χ2v) is 15.4. The van der Waals surface area contributed by atoms with Gasteiger partial charge in [-0.3, -0.25) is 23.4 Å². The lowest BCUT2D eigenvalue weighted by molar-refractivity contribution is 0.0365. The number of rotatable bonds is 32. The van der Waals surface area contributed by atoms with E-state index in [0.717, 1.165) is 6.42 Å². The van der Waals surface area contributed by atoms with Crippen LogP contribution in [0.4, 0.5) is 5.95 Å². The van der Waals surface area contributed by atoms with Crippen LogP contribution >= 0.6 is 19.6 Å². The van der Waals surface area contributed by atoms with Crippen LogP contribution in [0.2, 0.25) is 0 Å². The van der Waals surface area contributed by atoms with Crippen LogP contribution in [0.25, 0.3) is 11.2 Å². The summed E-state index contributed by atoms with van der Waals surface area (Å²) in [7, 11) is -4.22. The number of phosphoric acid groups is 1. The fourth-order valence-electron chi connectivity index (χ4n) is 5.50. The van der Waals surface area contributed by atoms with Crippen LogP contribution in [0.5, 0.6) is 0 Å². The number of nitrogens with zero attached hydrogens (tertiary/aromatic N) is 3. The number of phosphoric ester groups is 1. The van der Waals surface area contributed by atoms with Crippen molar-refractivity contribution in [2.45, 2.75) is 154 Å². The predicted octanol–water partition coefficient (Wildman–Crippen LogP) is 8.38. The number of nitrogen functional groups attached to an aromatic ring is 1. The van der Waals surface area contributed by atoms with E-state index in [0.29, 0.717) is 18.3 Å². The standard InChI is InChI=1S/C34H64N5O7PS/c1-4-6-8-10-11-12-13-14-15-17-19-26-48-30(21-18-16-9-7-5-2)29(3)44-22-20-23-45-47(41,42)46-25-24-43-28-39-27-36-31-32(39)37-34(35)38-33(31)40/h27,29-30H,4-26,28H2,1-3H3,(H,41,42)(H3,35,37,38,40). The first kappa shape index (κ1) is 42.7. The van der Waals surface area contributed by atoms with Crippen LogP contribution < -0.4 is 11.3 Å². The summed E-state index contributed by atoms with van der Waals surface area (Å²) in [6, 6.07) is 0. The zero-order chi connectivity index (χ0) is 34.9. The quantitative estimate of drug-likeness (QED) is 0.0492. The van der Waals surface area contributed by atoms with E-state index in [1.54, 1.807) is 0 Å². The van der Waals surface area contributed by atoms with Crippen LogP contribution in [0.15, 0.2) is 11.1 Å². The summed E-state index contributed by atoms with van der Waals surface area (Å²) in [4.78, 5) is 32.3. The molecule has 0 saturated heterocycles. The summed E-state index contributed by atoms with van der Waals surface area (Å²) in [5.74, 6) is 1.15. The van der Waals surface area contributed by atoms with Crippen molar-refractivity contribution in [1.29, 1.82) is 0 Å². The second-order valence-electron chi connectivity index (χ2n) is 12.6. The van der Waals surface area contributed by atoms with Gasteiger partial charge in [0.25, 0.3) is 5.56 Å². The lowest BCUT2D eigenvalue weighted by Gasteiger charge is -2.24. The zero-order valence-electron chi connectivity index (χ0n) is 29.9. The van der Waals surface area contributed by atoms with Gasteiger partial charge in [0.05, 0.1) is 32.3 Å². The largest absolute Gasteiger partial charge is 0.472 e. The molecule has 3 atom stereocenters. The Hall–Kier alpha value is -1.47. The van der Waals surface area contributed by atoms with Gasteiger partial charge in [0.15, 0.2) is 11.2 Å². The number of aromatic amines is 1. The first-order valence-electron chi connectivity index (χ1n) is 18.4. The minimum absolute atomic E-state index is 0.0131. The molecule has 0 spiro atoms. The zero-order valence-corrected chi connectivity index (χ0v) is 31.6. The number of hydrogen-bond acceptors (Lipinski definition) is 10. The van der Waals surface area contributed by atoms with Gasteiger partial charge in [-0.25, -0.2) is 9.55 Å². The van der Waals surface area contributed by atoms with Gasteiger partial charge in [-0.1, -0.05) is 110 Å². The third-order valence-electron chi connectivity index (χ3n) is 8.33. The van der Waals surface area contributed by atoms with Crippen molar-refractivity contribution in [3.05, 3.63) is 16.7 Å². The molecule has 2 heterocycles. The van der Waals surface area contributed by atoms with Crippen molar-refractivity contribution in [2.24, 2.45) is 0 Å². The Bertz CT molecular complexity index is 1200. The maximum absolute atomic E-state index is 12.3. The van der Waals surface area contributed by atoms with E-state index in [1.807, 2.05) is 0 Å². The topological polar surface area (TPSA) is 164 Å². The van der Waals surface area contributed by atoms with Gasteiger partial charge in [-0.05, 0) is 31.9 Å². The summed E-state index contributed by atoms with van der Waals surface area (Å²) in [6.45, 7) is 7.06. The molecule has 0 amide bonds. The molecule has 12 nitrogen and oxygen atoms in total. The van der Waals surface area contributed by atoms with Crippen molar-refractivity contribution < 1.29 is 28.0 Å². The first-order valence-corrected chi connectivity index (χ1v) is 20.9. The molecule has 2 rings (SSSR count). The van der Waals surface area contributed by atoms with Crippen LogP contribution in [-0.4, -0.2) is 67.9 Å². The molecule has 0 radical (unpaired) electrons. The monoisotopic (exact) mass is 717 g/mol. The van der Waals surface area contributed by atoms with Gasteiger partial charge >= 0.3 is 7.82 Å². The Kier molecular flexibility index (Phi) is 23.4. The number of imidazole rings is 1. The molecule has 0 aromatic carbocycles. The fraction of sp³-hybridized carbons (Fsp3) is 0.853. The lowest BCUT2D eigenvalue weighted by atomic mass is 10.1. The number of anilines is 1. The van der Waals surface area contributed by atoms with Crippen molar-refractivity contribution >= 4 is 36.7 Å². The summed E-state index contributed by atoms with van der Waals surface area (Å²) < 4.78 is 35.6. The Morgan fingerprint density at radius 2 is 1.48 bits per heavy atom. The minimum Gasteiger partial charge on any atom is -0.377 e. The average Bonchev–Trinajstić information content (AvgIpc) is 3.46. The highest BCUT2D eigenvalue weighted by molar-refractivity contribution is 7.99. The molecule has 14 heteroatoms. The third-order valence-corrected chi connectivity index (χ3v) is 10.9. The molecule has 0 saturated carbocycles. The number of hydrogen-bond donors (Lipinski definition) is 3. The molecular weight excluding hydrogens is 653 g/mol. The molecular formula is C34H64N5O7PS. The third kappa shape index (κ3) is 19.1. The lowest BCUT2D eigenvalue weighted by Crippen LogP contribution is -2.25. The van der Waals surface area contributed by atoms with E-state index < -0.39 is 13.4 Å². The van der Waals surface area contributed by atoms with Gasteiger partial charge in [0, 0.05) is 11.9 Å². The minimum atomic E-state index is -4.22. The van der Waals surface area contributed by atoms with E-state index in [4.69, 9.17) is 24.3 Å². The average molecular weight is 718 g/mol.